The largest absolute Gasteiger partial charge is 0.459 e. The molecule has 0 N–H and O–H groups in total. The first-order chi connectivity index (χ1) is 13.5. The fourth-order valence-electron chi connectivity index (χ4n) is 2.72. The molecule has 1 heterocycles. The van der Waals surface area contributed by atoms with Gasteiger partial charge in [-0.2, -0.15) is 0 Å². The van der Waals surface area contributed by atoms with E-state index in [9.17, 15) is 9.59 Å². The Hall–Kier alpha value is -2.12. The Morgan fingerprint density at radius 1 is 0.964 bits per heavy atom. The van der Waals surface area contributed by atoms with Gasteiger partial charge in [0.25, 0.3) is 0 Å². The van der Waals surface area contributed by atoms with Crippen molar-refractivity contribution in [2.24, 2.45) is 0 Å². The van der Waals surface area contributed by atoms with Crippen LogP contribution in [0.25, 0.3) is 0 Å². The predicted molar refractivity (Wildman–Crippen MR) is 103 cm³/mol. The van der Waals surface area contributed by atoms with E-state index in [0.29, 0.717) is 27.6 Å². The lowest BCUT2D eigenvalue weighted by Crippen LogP contribution is -2.32. The molecule has 1 fully saturated rings. The Kier molecular flexibility index (Phi) is 6.91. The summed E-state index contributed by atoms with van der Waals surface area (Å²) in [6.45, 7) is -0.0834. The predicted octanol–water partition coefficient (Wildman–Crippen LogP) is 4.14. The summed E-state index contributed by atoms with van der Waals surface area (Å²) in [5, 5.41) is 1.04. The minimum absolute atomic E-state index is 0.0834. The van der Waals surface area contributed by atoms with Crippen molar-refractivity contribution in [3.8, 4) is 0 Å². The highest BCUT2D eigenvalue weighted by molar-refractivity contribution is 6.30. The van der Waals surface area contributed by atoms with Gasteiger partial charge in [-0.05, 0) is 48.5 Å². The zero-order valence-electron chi connectivity index (χ0n) is 15.0. The molecule has 2 aromatic carbocycles. The van der Waals surface area contributed by atoms with E-state index >= 15 is 0 Å². The van der Waals surface area contributed by atoms with E-state index in [1.54, 1.807) is 48.5 Å². The van der Waals surface area contributed by atoms with Crippen LogP contribution < -0.4 is 0 Å². The molecular formula is C20H18Cl2O6. The Bertz CT molecular complexity index is 822. The van der Waals surface area contributed by atoms with Gasteiger partial charge in [-0.15, -0.1) is 0 Å². The smallest absolute Gasteiger partial charge is 0.338 e. The number of esters is 2. The van der Waals surface area contributed by atoms with Crippen LogP contribution in [-0.2, 0) is 18.9 Å². The number of halogens is 2. The molecule has 0 spiro atoms. The lowest BCUT2D eigenvalue weighted by atomic mass is 10.1. The van der Waals surface area contributed by atoms with Gasteiger partial charge < -0.3 is 18.9 Å². The quantitative estimate of drug-likeness (QED) is 0.648. The zero-order valence-corrected chi connectivity index (χ0v) is 16.5. The van der Waals surface area contributed by atoms with Gasteiger partial charge in [0.05, 0.1) is 11.1 Å². The third-order valence-electron chi connectivity index (χ3n) is 4.23. The lowest BCUT2D eigenvalue weighted by Gasteiger charge is -2.18. The molecule has 0 aliphatic carbocycles. The molecule has 0 saturated carbocycles. The van der Waals surface area contributed by atoms with Gasteiger partial charge in [-0.1, -0.05) is 23.2 Å². The summed E-state index contributed by atoms with van der Waals surface area (Å²) in [4.78, 5) is 24.5. The van der Waals surface area contributed by atoms with Crippen LogP contribution in [0.2, 0.25) is 10.0 Å². The molecule has 3 rings (SSSR count). The van der Waals surface area contributed by atoms with Crippen LogP contribution in [0.1, 0.15) is 27.1 Å². The van der Waals surface area contributed by atoms with Gasteiger partial charge in [-0.25, -0.2) is 9.59 Å². The van der Waals surface area contributed by atoms with Crippen LogP contribution >= 0.6 is 23.2 Å². The average molecular weight is 425 g/mol. The van der Waals surface area contributed by atoms with Gasteiger partial charge >= 0.3 is 11.9 Å². The molecule has 0 aromatic heterocycles. The van der Waals surface area contributed by atoms with Crippen LogP contribution in [0, 0.1) is 0 Å². The number of ether oxygens (including phenoxy) is 4. The average Bonchev–Trinajstić information content (AvgIpc) is 3.09. The first kappa shape index (κ1) is 20.6. The van der Waals surface area contributed by atoms with Crippen molar-refractivity contribution in [1.82, 2.24) is 0 Å². The molecule has 0 bridgehead atoms. The van der Waals surface area contributed by atoms with Gasteiger partial charge in [0, 0.05) is 23.6 Å². The molecular weight excluding hydrogens is 407 g/mol. The summed E-state index contributed by atoms with van der Waals surface area (Å²) >= 11 is 11.6. The van der Waals surface area contributed by atoms with Gasteiger partial charge in [0.2, 0.25) is 0 Å². The van der Waals surface area contributed by atoms with E-state index in [-0.39, 0.29) is 6.61 Å². The van der Waals surface area contributed by atoms with Crippen molar-refractivity contribution in [3.63, 3.8) is 0 Å². The molecule has 8 heteroatoms. The zero-order chi connectivity index (χ0) is 20.1. The van der Waals surface area contributed by atoms with E-state index in [0.717, 1.165) is 0 Å². The second kappa shape index (κ2) is 9.39. The topological polar surface area (TPSA) is 71.1 Å². The molecule has 1 aliphatic heterocycles. The molecule has 0 amide bonds. The van der Waals surface area contributed by atoms with E-state index in [2.05, 4.69) is 0 Å². The SMILES string of the molecule is COC1CC(OC(=O)c2ccc(Cl)cc2)C(COC(=O)c2ccc(Cl)cc2)O1. The summed E-state index contributed by atoms with van der Waals surface area (Å²) in [7, 11) is 1.49. The second-order valence-corrected chi connectivity index (χ2v) is 7.00. The van der Waals surface area contributed by atoms with Crippen molar-refractivity contribution in [2.75, 3.05) is 13.7 Å². The number of rotatable bonds is 6. The van der Waals surface area contributed by atoms with Crippen molar-refractivity contribution in [3.05, 3.63) is 69.7 Å². The molecule has 28 heavy (non-hydrogen) atoms. The van der Waals surface area contributed by atoms with Crippen LogP contribution in [0.4, 0.5) is 0 Å². The molecule has 0 radical (unpaired) electrons. The molecule has 1 aliphatic rings. The van der Waals surface area contributed by atoms with E-state index < -0.39 is 30.4 Å². The third kappa shape index (κ3) is 5.23. The first-order valence-electron chi connectivity index (χ1n) is 8.54. The molecule has 3 atom stereocenters. The molecule has 148 valence electrons. The number of hydrogen-bond acceptors (Lipinski definition) is 6. The molecule has 3 unspecified atom stereocenters. The maximum atomic E-state index is 12.4. The highest BCUT2D eigenvalue weighted by atomic mass is 35.5. The maximum Gasteiger partial charge on any atom is 0.338 e. The number of hydrogen-bond donors (Lipinski definition) is 0. The summed E-state index contributed by atoms with van der Waals surface area (Å²) in [5.74, 6) is -1.04. The number of carbonyl (C=O) groups is 2. The standard InChI is InChI=1S/C20H18Cl2O6/c1-25-18-10-16(28-20(24)13-4-8-15(22)9-5-13)17(27-18)11-26-19(23)12-2-6-14(21)7-3-12/h2-9,16-18H,10-11H2,1H3. The highest BCUT2D eigenvalue weighted by Gasteiger charge is 2.39. The van der Waals surface area contributed by atoms with Gasteiger partial charge in [-0.3, -0.25) is 0 Å². The van der Waals surface area contributed by atoms with Crippen LogP contribution in [0.15, 0.2) is 48.5 Å². The van der Waals surface area contributed by atoms with Crippen molar-refractivity contribution in [1.29, 1.82) is 0 Å². The maximum absolute atomic E-state index is 12.4. The lowest BCUT2D eigenvalue weighted by molar-refractivity contribution is -0.128. The Labute approximate surface area is 172 Å². The minimum Gasteiger partial charge on any atom is -0.459 e. The van der Waals surface area contributed by atoms with Crippen molar-refractivity contribution in [2.45, 2.75) is 24.9 Å². The van der Waals surface area contributed by atoms with Crippen LogP contribution in [0.5, 0.6) is 0 Å². The molecule has 2 aromatic rings. The van der Waals surface area contributed by atoms with E-state index in [4.69, 9.17) is 42.1 Å². The van der Waals surface area contributed by atoms with Gasteiger partial charge in [0.15, 0.2) is 6.29 Å². The monoisotopic (exact) mass is 424 g/mol. The normalized spacial score (nSPS) is 21.3. The van der Waals surface area contributed by atoms with Crippen LogP contribution in [-0.4, -0.2) is 44.2 Å². The Morgan fingerprint density at radius 2 is 1.50 bits per heavy atom. The second-order valence-electron chi connectivity index (χ2n) is 6.13. The van der Waals surface area contributed by atoms with Crippen molar-refractivity contribution < 1.29 is 28.5 Å². The third-order valence-corrected chi connectivity index (χ3v) is 4.73. The number of carbonyl (C=O) groups excluding carboxylic acids is 2. The van der Waals surface area contributed by atoms with E-state index in [1.165, 1.54) is 7.11 Å². The Morgan fingerprint density at radius 3 is 2.04 bits per heavy atom. The minimum atomic E-state index is -0.641. The summed E-state index contributed by atoms with van der Waals surface area (Å²) in [6.07, 6.45) is -1.48. The summed E-state index contributed by atoms with van der Waals surface area (Å²) < 4.78 is 21.7. The first-order valence-corrected chi connectivity index (χ1v) is 9.29. The van der Waals surface area contributed by atoms with Gasteiger partial charge in [0.1, 0.15) is 18.8 Å². The highest BCUT2D eigenvalue weighted by Crippen LogP contribution is 2.26. The Balaban J connectivity index is 1.61. The fraction of sp³-hybridized carbons (Fsp3) is 0.300. The van der Waals surface area contributed by atoms with Crippen LogP contribution in [0.3, 0.4) is 0 Å². The van der Waals surface area contributed by atoms with Crippen molar-refractivity contribution >= 4 is 35.1 Å². The molecule has 6 nitrogen and oxygen atoms in total. The number of benzene rings is 2. The summed E-state index contributed by atoms with van der Waals surface area (Å²) in [5.41, 5.74) is 0.725. The number of methoxy groups -OCH3 is 1. The molecule has 1 saturated heterocycles. The van der Waals surface area contributed by atoms with E-state index in [1.807, 2.05) is 0 Å². The fourth-order valence-corrected chi connectivity index (χ4v) is 2.97. The summed E-state index contributed by atoms with van der Waals surface area (Å²) in [6, 6.07) is 12.7.